The quantitative estimate of drug-likeness (QED) is 0.552. The summed E-state index contributed by atoms with van der Waals surface area (Å²) in [6, 6.07) is 0. The minimum absolute atomic E-state index is 0.00978. The van der Waals surface area contributed by atoms with Gasteiger partial charge in [-0.2, -0.15) is 0 Å². The van der Waals surface area contributed by atoms with Crippen LogP contribution < -0.4 is 5.32 Å². The van der Waals surface area contributed by atoms with Gasteiger partial charge in [0.15, 0.2) is 0 Å². The lowest BCUT2D eigenvalue weighted by Crippen LogP contribution is -2.22. The smallest absolute Gasteiger partial charge is 0.317 e. The second-order valence-corrected chi connectivity index (χ2v) is 3.35. The van der Waals surface area contributed by atoms with Crippen LogP contribution in [0.5, 0.6) is 5.75 Å². The van der Waals surface area contributed by atoms with Crippen molar-refractivity contribution in [3.05, 3.63) is 23.0 Å². The molecule has 4 N–H and O–H groups in total. The Labute approximate surface area is 92.6 Å². The highest BCUT2D eigenvalue weighted by molar-refractivity contribution is 5.69. The predicted molar refractivity (Wildman–Crippen MR) is 55.9 cm³/mol. The van der Waals surface area contributed by atoms with Gasteiger partial charge >= 0.3 is 5.97 Å². The van der Waals surface area contributed by atoms with Crippen molar-refractivity contribution in [2.24, 2.45) is 0 Å². The average Bonchev–Trinajstić information content (AvgIpc) is 2.24. The Hall–Kier alpha value is -1.66. The van der Waals surface area contributed by atoms with Crippen molar-refractivity contribution in [1.29, 1.82) is 0 Å². The number of rotatable bonds is 5. The molecule has 88 valence electrons. The zero-order chi connectivity index (χ0) is 12.1. The van der Waals surface area contributed by atoms with E-state index < -0.39 is 5.97 Å². The number of carbonyl (C=O) groups is 1. The summed E-state index contributed by atoms with van der Waals surface area (Å²) in [6.07, 6.45) is 1.47. The van der Waals surface area contributed by atoms with Crippen LogP contribution in [0, 0.1) is 6.92 Å². The molecule has 0 amide bonds. The van der Waals surface area contributed by atoms with Crippen molar-refractivity contribution >= 4 is 5.97 Å². The van der Waals surface area contributed by atoms with Crippen LogP contribution >= 0.6 is 0 Å². The Balaban J connectivity index is 2.83. The summed E-state index contributed by atoms with van der Waals surface area (Å²) < 4.78 is 0. The van der Waals surface area contributed by atoms with E-state index in [2.05, 4.69) is 10.3 Å². The van der Waals surface area contributed by atoms with Crippen molar-refractivity contribution in [2.75, 3.05) is 6.54 Å². The minimum atomic E-state index is -0.976. The fourth-order valence-electron chi connectivity index (χ4n) is 1.31. The molecule has 0 aliphatic heterocycles. The topological polar surface area (TPSA) is 103 Å². The fourth-order valence-corrected chi connectivity index (χ4v) is 1.31. The molecule has 0 fully saturated rings. The first kappa shape index (κ1) is 12.4. The number of aromatic nitrogens is 1. The highest BCUT2D eigenvalue weighted by atomic mass is 16.4. The summed E-state index contributed by atoms with van der Waals surface area (Å²) in [5.41, 5.74) is 1.42. The highest BCUT2D eigenvalue weighted by Crippen LogP contribution is 2.23. The Morgan fingerprint density at radius 1 is 1.56 bits per heavy atom. The van der Waals surface area contributed by atoms with Crippen molar-refractivity contribution in [2.45, 2.75) is 20.1 Å². The van der Waals surface area contributed by atoms with Gasteiger partial charge in [0.05, 0.1) is 18.8 Å². The van der Waals surface area contributed by atoms with Crippen LogP contribution in [-0.2, 0) is 17.9 Å². The number of aromatic hydroxyl groups is 1. The van der Waals surface area contributed by atoms with Crippen LogP contribution in [0.3, 0.4) is 0 Å². The van der Waals surface area contributed by atoms with Gasteiger partial charge < -0.3 is 20.6 Å². The van der Waals surface area contributed by atoms with Crippen LogP contribution in [0.1, 0.15) is 16.8 Å². The third-order valence-electron chi connectivity index (χ3n) is 2.18. The molecule has 0 saturated heterocycles. The Kier molecular flexibility index (Phi) is 4.21. The zero-order valence-corrected chi connectivity index (χ0v) is 8.90. The third kappa shape index (κ3) is 2.91. The predicted octanol–water partition coefficient (Wildman–Crippen LogP) is -0.238. The van der Waals surface area contributed by atoms with Crippen LogP contribution in [0.15, 0.2) is 6.20 Å². The molecule has 1 aromatic rings. The molecule has 0 bridgehead atoms. The monoisotopic (exact) mass is 226 g/mol. The third-order valence-corrected chi connectivity index (χ3v) is 2.18. The molecular weight excluding hydrogens is 212 g/mol. The summed E-state index contributed by atoms with van der Waals surface area (Å²) in [5, 5.41) is 29.9. The van der Waals surface area contributed by atoms with Gasteiger partial charge in [0.2, 0.25) is 0 Å². The van der Waals surface area contributed by atoms with Gasteiger partial charge in [0.1, 0.15) is 5.75 Å². The molecule has 1 aromatic heterocycles. The number of carboxylic acids is 1. The van der Waals surface area contributed by atoms with Crippen LogP contribution in [0.4, 0.5) is 0 Å². The van der Waals surface area contributed by atoms with Gasteiger partial charge in [-0.3, -0.25) is 9.78 Å². The van der Waals surface area contributed by atoms with E-state index in [0.717, 1.165) is 0 Å². The van der Waals surface area contributed by atoms with Crippen LogP contribution in [0.2, 0.25) is 0 Å². The van der Waals surface area contributed by atoms with Gasteiger partial charge in [-0.1, -0.05) is 0 Å². The summed E-state index contributed by atoms with van der Waals surface area (Å²) in [6.45, 7) is 1.37. The van der Waals surface area contributed by atoms with E-state index in [4.69, 9.17) is 10.2 Å². The summed E-state index contributed by atoms with van der Waals surface area (Å²) in [4.78, 5) is 14.2. The molecule has 1 heterocycles. The van der Waals surface area contributed by atoms with E-state index in [-0.39, 0.29) is 25.4 Å². The molecule has 16 heavy (non-hydrogen) atoms. The lowest BCUT2D eigenvalue weighted by atomic mass is 10.1. The van der Waals surface area contributed by atoms with Crippen molar-refractivity contribution in [3.63, 3.8) is 0 Å². The maximum atomic E-state index is 10.3. The van der Waals surface area contributed by atoms with E-state index in [0.29, 0.717) is 16.8 Å². The number of hydrogen-bond acceptors (Lipinski definition) is 5. The highest BCUT2D eigenvalue weighted by Gasteiger charge is 2.11. The zero-order valence-electron chi connectivity index (χ0n) is 8.90. The lowest BCUT2D eigenvalue weighted by molar-refractivity contribution is -0.136. The van der Waals surface area contributed by atoms with Gasteiger partial charge in [0, 0.05) is 23.9 Å². The first-order chi connectivity index (χ1) is 7.56. The average molecular weight is 226 g/mol. The molecule has 0 saturated carbocycles. The molecule has 0 unspecified atom stereocenters. The lowest BCUT2D eigenvalue weighted by Gasteiger charge is -2.11. The molecule has 0 aliphatic rings. The van der Waals surface area contributed by atoms with Gasteiger partial charge in [-0.25, -0.2) is 0 Å². The first-order valence-electron chi connectivity index (χ1n) is 4.76. The summed E-state index contributed by atoms with van der Waals surface area (Å²) in [7, 11) is 0. The van der Waals surface area contributed by atoms with E-state index >= 15 is 0 Å². The number of pyridine rings is 1. The van der Waals surface area contributed by atoms with E-state index in [9.17, 15) is 9.90 Å². The van der Waals surface area contributed by atoms with Crippen molar-refractivity contribution < 1.29 is 20.1 Å². The maximum Gasteiger partial charge on any atom is 0.317 e. The molecule has 0 aromatic carbocycles. The molecule has 0 aliphatic carbocycles. The van der Waals surface area contributed by atoms with Gasteiger partial charge in [-0.05, 0) is 6.92 Å². The SMILES string of the molecule is Cc1ncc(CO)c(CNCC(=O)O)c1O. The van der Waals surface area contributed by atoms with Gasteiger partial charge in [-0.15, -0.1) is 0 Å². The van der Waals surface area contributed by atoms with Crippen molar-refractivity contribution in [3.8, 4) is 5.75 Å². The molecule has 0 radical (unpaired) electrons. The minimum Gasteiger partial charge on any atom is -0.506 e. The van der Waals surface area contributed by atoms with Gasteiger partial charge in [0.25, 0.3) is 0 Å². The summed E-state index contributed by atoms with van der Waals surface area (Å²) >= 11 is 0. The number of carboxylic acid groups (broad SMARTS) is 1. The largest absolute Gasteiger partial charge is 0.506 e. The molecule has 1 rings (SSSR count). The van der Waals surface area contributed by atoms with E-state index in [1.54, 1.807) is 6.92 Å². The van der Waals surface area contributed by atoms with E-state index in [1.807, 2.05) is 0 Å². The number of nitrogens with one attached hydrogen (secondary N) is 1. The van der Waals surface area contributed by atoms with Crippen LogP contribution in [0.25, 0.3) is 0 Å². The Morgan fingerprint density at radius 2 is 2.25 bits per heavy atom. The molecule has 0 atom stereocenters. The summed E-state index contributed by atoms with van der Waals surface area (Å²) in [5.74, 6) is -0.986. The van der Waals surface area contributed by atoms with E-state index in [1.165, 1.54) is 6.20 Å². The molecular formula is C10H14N2O4. The second kappa shape index (κ2) is 5.43. The Morgan fingerprint density at radius 3 is 2.81 bits per heavy atom. The molecule has 6 heteroatoms. The number of nitrogens with zero attached hydrogens (tertiary/aromatic N) is 1. The van der Waals surface area contributed by atoms with Crippen LogP contribution in [-0.4, -0.2) is 32.8 Å². The number of aliphatic hydroxyl groups is 1. The number of aryl methyl sites for hydroxylation is 1. The molecule has 0 spiro atoms. The number of aliphatic hydroxyl groups excluding tert-OH is 1. The molecule has 6 nitrogen and oxygen atoms in total. The first-order valence-corrected chi connectivity index (χ1v) is 4.76. The normalized spacial score (nSPS) is 10.4. The standard InChI is InChI=1S/C10H14N2O4/c1-6-10(16)8(3-11-4-9(14)15)7(5-13)2-12-6/h2,11,13,16H,3-5H2,1H3,(H,14,15). The number of hydrogen-bond donors (Lipinski definition) is 4. The Bertz CT molecular complexity index is 393. The fraction of sp³-hybridized carbons (Fsp3) is 0.400. The maximum absolute atomic E-state index is 10.3. The van der Waals surface area contributed by atoms with Crippen molar-refractivity contribution in [1.82, 2.24) is 10.3 Å². The number of aliphatic carboxylic acids is 1. The second-order valence-electron chi connectivity index (χ2n) is 3.35.